The molecule has 2 aromatic carbocycles. The van der Waals surface area contributed by atoms with Crippen LogP contribution in [0.4, 0.5) is 0 Å². The molecule has 0 saturated carbocycles. The maximum absolute atomic E-state index is 12.1. The summed E-state index contributed by atoms with van der Waals surface area (Å²) in [7, 11) is 3.34. The van der Waals surface area contributed by atoms with Crippen molar-refractivity contribution in [2.24, 2.45) is 5.10 Å². The molecule has 0 aliphatic rings. The number of amides is 2. The van der Waals surface area contributed by atoms with Gasteiger partial charge in [-0.1, -0.05) is 23.7 Å². The third kappa shape index (κ3) is 5.32. The molecule has 26 heavy (non-hydrogen) atoms. The van der Waals surface area contributed by atoms with Crippen molar-refractivity contribution in [2.75, 3.05) is 20.7 Å². The molecular formula is C19H20ClN3O3. The fourth-order valence-corrected chi connectivity index (χ4v) is 2.19. The molecule has 0 aliphatic heterocycles. The molecule has 0 fully saturated rings. The van der Waals surface area contributed by atoms with E-state index >= 15 is 0 Å². The van der Waals surface area contributed by atoms with Gasteiger partial charge in [0.2, 0.25) is 0 Å². The van der Waals surface area contributed by atoms with Crippen LogP contribution in [-0.4, -0.2) is 43.1 Å². The Bertz CT molecular complexity index is 817. The lowest BCUT2D eigenvalue weighted by atomic mass is 10.1. The molecule has 136 valence electrons. The van der Waals surface area contributed by atoms with Crippen molar-refractivity contribution in [1.82, 2.24) is 10.3 Å². The van der Waals surface area contributed by atoms with Gasteiger partial charge in [0.15, 0.2) is 6.61 Å². The molecule has 6 nitrogen and oxygen atoms in total. The van der Waals surface area contributed by atoms with E-state index in [4.69, 9.17) is 16.3 Å². The Labute approximate surface area is 157 Å². The van der Waals surface area contributed by atoms with Crippen LogP contribution >= 0.6 is 11.6 Å². The van der Waals surface area contributed by atoms with Gasteiger partial charge in [-0.15, -0.1) is 0 Å². The summed E-state index contributed by atoms with van der Waals surface area (Å²) >= 11 is 5.99. The summed E-state index contributed by atoms with van der Waals surface area (Å²) in [6.07, 6.45) is 0. The van der Waals surface area contributed by atoms with E-state index in [9.17, 15) is 9.59 Å². The first-order valence-electron chi connectivity index (χ1n) is 7.91. The number of nitrogens with one attached hydrogen (secondary N) is 1. The maximum atomic E-state index is 12.1. The Morgan fingerprint density at radius 3 is 2.38 bits per heavy atom. The smallest absolute Gasteiger partial charge is 0.272 e. The standard InChI is InChI=1S/C19H20ClN3O3/c1-13(21-22-19(25)16-6-4-5-7-17(16)20)14-8-10-15(11-9-14)26-12-18(24)23(2)3/h4-11H,12H2,1-3H3,(H,22,25)/b21-13-. The van der Waals surface area contributed by atoms with Crippen molar-refractivity contribution in [3.8, 4) is 5.75 Å². The molecule has 2 aromatic rings. The van der Waals surface area contributed by atoms with Gasteiger partial charge >= 0.3 is 0 Å². The highest BCUT2D eigenvalue weighted by molar-refractivity contribution is 6.33. The summed E-state index contributed by atoms with van der Waals surface area (Å²) in [5, 5.41) is 4.46. The minimum Gasteiger partial charge on any atom is -0.484 e. The maximum Gasteiger partial charge on any atom is 0.272 e. The number of carbonyl (C=O) groups excluding carboxylic acids is 2. The van der Waals surface area contributed by atoms with E-state index in [0.717, 1.165) is 5.56 Å². The first-order valence-corrected chi connectivity index (χ1v) is 8.29. The number of carbonyl (C=O) groups is 2. The zero-order valence-electron chi connectivity index (χ0n) is 14.8. The summed E-state index contributed by atoms with van der Waals surface area (Å²) in [5.74, 6) is 0.0862. The second-order valence-corrected chi connectivity index (χ2v) is 6.13. The van der Waals surface area contributed by atoms with E-state index in [-0.39, 0.29) is 18.4 Å². The highest BCUT2D eigenvalue weighted by atomic mass is 35.5. The SMILES string of the molecule is C/C(=N/NC(=O)c1ccccc1Cl)c1ccc(OCC(=O)N(C)C)cc1. The van der Waals surface area contributed by atoms with Gasteiger partial charge in [-0.05, 0) is 48.9 Å². The van der Waals surface area contributed by atoms with Gasteiger partial charge in [-0.25, -0.2) is 5.43 Å². The van der Waals surface area contributed by atoms with Gasteiger partial charge in [0.05, 0.1) is 16.3 Å². The van der Waals surface area contributed by atoms with Crippen LogP contribution in [0.3, 0.4) is 0 Å². The van der Waals surface area contributed by atoms with Crippen molar-refractivity contribution < 1.29 is 14.3 Å². The van der Waals surface area contributed by atoms with Crippen LogP contribution in [0.15, 0.2) is 53.6 Å². The molecular weight excluding hydrogens is 354 g/mol. The first kappa shape index (κ1) is 19.5. The van der Waals surface area contributed by atoms with Gasteiger partial charge in [0.25, 0.3) is 11.8 Å². The molecule has 0 unspecified atom stereocenters. The molecule has 0 heterocycles. The lowest BCUT2D eigenvalue weighted by Gasteiger charge is -2.11. The molecule has 0 bridgehead atoms. The van der Waals surface area contributed by atoms with Gasteiger partial charge in [-0.3, -0.25) is 9.59 Å². The van der Waals surface area contributed by atoms with E-state index in [1.165, 1.54) is 4.90 Å². The fraction of sp³-hybridized carbons (Fsp3) is 0.211. The van der Waals surface area contributed by atoms with Crippen molar-refractivity contribution in [3.05, 3.63) is 64.7 Å². The van der Waals surface area contributed by atoms with Gasteiger partial charge in [0.1, 0.15) is 5.75 Å². The average molecular weight is 374 g/mol. The number of hydrogen-bond acceptors (Lipinski definition) is 4. The number of ether oxygens (including phenoxy) is 1. The predicted molar refractivity (Wildman–Crippen MR) is 102 cm³/mol. The summed E-state index contributed by atoms with van der Waals surface area (Å²) < 4.78 is 5.42. The Hall–Kier alpha value is -2.86. The van der Waals surface area contributed by atoms with Crippen molar-refractivity contribution >= 4 is 29.1 Å². The molecule has 0 radical (unpaired) electrons. The van der Waals surface area contributed by atoms with Crippen LogP contribution < -0.4 is 10.2 Å². The molecule has 0 aromatic heterocycles. The van der Waals surface area contributed by atoms with E-state index < -0.39 is 0 Å². The van der Waals surface area contributed by atoms with Gasteiger partial charge < -0.3 is 9.64 Å². The van der Waals surface area contributed by atoms with Crippen LogP contribution in [0, 0.1) is 0 Å². The molecule has 0 aliphatic carbocycles. The normalized spacial score (nSPS) is 11.0. The minimum atomic E-state index is -0.378. The third-order valence-corrected chi connectivity index (χ3v) is 3.91. The number of benzene rings is 2. The minimum absolute atomic E-state index is 0.0205. The fourth-order valence-electron chi connectivity index (χ4n) is 1.97. The van der Waals surface area contributed by atoms with E-state index in [0.29, 0.717) is 22.0 Å². The second kappa shape index (κ2) is 9.01. The van der Waals surface area contributed by atoms with Crippen LogP contribution in [0.5, 0.6) is 5.75 Å². The van der Waals surface area contributed by atoms with Crippen molar-refractivity contribution in [1.29, 1.82) is 0 Å². The van der Waals surface area contributed by atoms with Crippen LogP contribution in [0.1, 0.15) is 22.8 Å². The number of hydrogen-bond donors (Lipinski definition) is 1. The molecule has 0 saturated heterocycles. The Kier molecular flexibility index (Phi) is 6.74. The zero-order valence-corrected chi connectivity index (χ0v) is 15.6. The third-order valence-electron chi connectivity index (χ3n) is 3.58. The molecule has 2 rings (SSSR count). The lowest BCUT2D eigenvalue weighted by molar-refractivity contribution is -0.130. The quantitative estimate of drug-likeness (QED) is 0.625. The molecule has 7 heteroatoms. The molecule has 0 spiro atoms. The van der Waals surface area contributed by atoms with E-state index in [2.05, 4.69) is 10.5 Å². The topological polar surface area (TPSA) is 71.0 Å². The predicted octanol–water partition coefficient (Wildman–Crippen LogP) is 2.96. The summed E-state index contributed by atoms with van der Waals surface area (Å²) in [4.78, 5) is 25.1. The molecule has 0 atom stereocenters. The average Bonchev–Trinajstić information content (AvgIpc) is 2.64. The van der Waals surface area contributed by atoms with Crippen LogP contribution in [0.25, 0.3) is 0 Å². The van der Waals surface area contributed by atoms with E-state index in [1.807, 2.05) is 0 Å². The highest BCUT2D eigenvalue weighted by Gasteiger charge is 2.09. The summed E-state index contributed by atoms with van der Waals surface area (Å²) in [6.45, 7) is 1.76. The van der Waals surface area contributed by atoms with Crippen LogP contribution in [-0.2, 0) is 4.79 Å². The Morgan fingerprint density at radius 1 is 1.12 bits per heavy atom. The number of rotatable bonds is 6. The largest absolute Gasteiger partial charge is 0.484 e. The lowest BCUT2D eigenvalue weighted by Crippen LogP contribution is -2.27. The number of halogens is 1. The summed E-state index contributed by atoms with van der Waals surface area (Å²) in [5.41, 5.74) is 4.29. The van der Waals surface area contributed by atoms with Gasteiger partial charge in [-0.2, -0.15) is 5.10 Å². The van der Waals surface area contributed by atoms with E-state index in [1.54, 1.807) is 69.6 Å². The monoisotopic (exact) mass is 373 g/mol. The number of nitrogens with zero attached hydrogens (tertiary/aromatic N) is 2. The summed E-state index contributed by atoms with van der Waals surface area (Å²) in [6, 6.07) is 13.9. The highest BCUT2D eigenvalue weighted by Crippen LogP contribution is 2.15. The number of likely N-dealkylation sites (N-methyl/N-ethyl adjacent to an activating group) is 1. The first-order chi connectivity index (χ1) is 12.4. The Balaban J connectivity index is 1.97. The van der Waals surface area contributed by atoms with Crippen molar-refractivity contribution in [3.63, 3.8) is 0 Å². The van der Waals surface area contributed by atoms with Crippen LogP contribution in [0.2, 0.25) is 5.02 Å². The second-order valence-electron chi connectivity index (χ2n) is 5.72. The van der Waals surface area contributed by atoms with Gasteiger partial charge in [0, 0.05) is 14.1 Å². The molecule has 2 amide bonds. The zero-order chi connectivity index (χ0) is 19.1. The Morgan fingerprint density at radius 2 is 1.77 bits per heavy atom. The number of hydrazone groups is 1. The molecule has 1 N–H and O–H groups in total. The van der Waals surface area contributed by atoms with Crippen molar-refractivity contribution in [2.45, 2.75) is 6.92 Å².